The van der Waals surface area contributed by atoms with Gasteiger partial charge in [0.25, 0.3) is 11.6 Å². The second-order valence-corrected chi connectivity index (χ2v) is 4.66. The number of amides is 1. The number of nitro benzene ring substituents is 1. The highest BCUT2D eigenvalue weighted by molar-refractivity contribution is 5.91. The zero-order valence-electron chi connectivity index (χ0n) is 12.7. The predicted octanol–water partition coefficient (Wildman–Crippen LogP) is -1.16. The molecule has 2 aromatic rings. The van der Waals surface area contributed by atoms with Crippen molar-refractivity contribution in [1.82, 2.24) is 0 Å². The van der Waals surface area contributed by atoms with Crippen LogP contribution >= 0.6 is 0 Å². The molecule has 23 heavy (non-hydrogen) atoms. The number of halogens is 1. The van der Waals surface area contributed by atoms with Crippen molar-refractivity contribution in [2.45, 2.75) is 13.5 Å². The van der Waals surface area contributed by atoms with E-state index in [0.717, 1.165) is 5.69 Å². The predicted molar refractivity (Wildman–Crippen MR) is 79.7 cm³/mol. The van der Waals surface area contributed by atoms with Gasteiger partial charge in [-0.25, -0.2) is 0 Å². The Kier molecular flexibility index (Phi) is 6.47. The van der Waals surface area contributed by atoms with Gasteiger partial charge in [-0.15, -0.1) is 0 Å². The Morgan fingerprint density at radius 3 is 2.70 bits per heavy atom. The molecule has 0 bridgehead atoms. The lowest BCUT2D eigenvalue weighted by Gasteiger charge is -2.09. The Balaban J connectivity index is 0.00000264. The van der Waals surface area contributed by atoms with E-state index in [9.17, 15) is 14.9 Å². The molecule has 0 saturated heterocycles. The average Bonchev–Trinajstić information content (AvgIpc) is 2.49. The molecule has 0 fully saturated rings. The summed E-state index contributed by atoms with van der Waals surface area (Å²) in [5.74, 6) is 0.00351. The van der Waals surface area contributed by atoms with Crippen LogP contribution in [-0.2, 0) is 11.3 Å². The molecule has 1 heterocycles. The smallest absolute Gasteiger partial charge is 0.290 e. The van der Waals surface area contributed by atoms with Crippen LogP contribution in [0.3, 0.4) is 0 Å². The van der Waals surface area contributed by atoms with Gasteiger partial charge in [0.15, 0.2) is 11.9 Å². The van der Waals surface area contributed by atoms with Crippen LogP contribution in [0.4, 0.5) is 11.4 Å². The number of nitro groups is 1. The second kappa shape index (κ2) is 8.09. The Morgan fingerprint density at radius 2 is 2.09 bits per heavy atom. The van der Waals surface area contributed by atoms with Crippen molar-refractivity contribution in [3.05, 3.63) is 58.4 Å². The van der Waals surface area contributed by atoms with E-state index in [-0.39, 0.29) is 36.3 Å². The normalized spacial score (nSPS) is 9.65. The van der Waals surface area contributed by atoms with Gasteiger partial charge in [-0.05, 0) is 6.07 Å². The standard InChI is InChI=1S/C15H15N3O4.ClH/c1-11-5-3-4-8-17(11)10-15(19)16-13-7-6-12(18(20)21)9-14(13)22-2;/h3-9H,10H2,1-2H3;1H. The number of anilines is 1. The molecule has 1 amide bonds. The molecule has 2 rings (SSSR count). The molecule has 0 radical (unpaired) electrons. The molecule has 0 spiro atoms. The molecule has 0 atom stereocenters. The van der Waals surface area contributed by atoms with E-state index in [2.05, 4.69) is 5.32 Å². The number of rotatable bonds is 5. The SMILES string of the molecule is COc1cc([N+](=O)[O-])ccc1NC(=O)C[n+]1ccccc1C.[Cl-]. The number of nitrogens with zero attached hydrogens (tertiary/aromatic N) is 2. The average molecular weight is 338 g/mol. The summed E-state index contributed by atoms with van der Waals surface area (Å²) in [6.07, 6.45) is 1.81. The first-order chi connectivity index (χ1) is 10.5. The van der Waals surface area contributed by atoms with Crippen LogP contribution in [0.2, 0.25) is 0 Å². The first-order valence-corrected chi connectivity index (χ1v) is 6.58. The monoisotopic (exact) mass is 337 g/mol. The first kappa shape index (κ1) is 18.4. The highest BCUT2D eigenvalue weighted by Crippen LogP contribution is 2.28. The van der Waals surface area contributed by atoms with Crippen LogP contribution < -0.4 is 27.0 Å². The molecular weight excluding hydrogens is 322 g/mol. The van der Waals surface area contributed by atoms with Crippen molar-refractivity contribution in [1.29, 1.82) is 0 Å². The number of nitrogens with one attached hydrogen (secondary N) is 1. The van der Waals surface area contributed by atoms with Gasteiger partial charge in [0.1, 0.15) is 5.75 Å². The Bertz CT molecular complexity index is 722. The van der Waals surface area contributed by atoms with Gasteiger partial charge < -0.3 is 22.5 Å². The number of aryl methyl sites for hydroxylation is 1. The number of hydrogen-bond acceptors (Lipinski definition) is 4. The third-order valence-electron chi connectivity index (χ3n) is 3.15. The fourth-order valence-electron chi connectivity index (χ4n) is 1.98. The number of carbonyl (C=O) groups is 1. The van der Waals surface area contributed by atoms with E-state index in [1.165, 1.54) is 25.3 Å². The molecule has 0 aliphatic carbocycles. The summed E-state index contributed by atoms with van der Waals surface area (Å²) in [5, 5.41) is 13.4. The maximum atomic E-state index is 12.1. The van der Waals surface area contributed by atoms with Crippen molar-refractivity contribution >= 4 is 17.3 Å². The molecule has 1 aromatic carbocycles. The lowest BCUT2D eigenvalue weighted by Crippen LogP contribution is -3.00. The van der Waals surface area contributed by atoms with Gasteiger partial charge in [-0.1, -0.05) is 6.07 Å². The van der Waals surface area contributed by atoms with Gasteiger partial charge in [-0.3, -0.25) is 14.9 Å². The highest BCUT2D eigenvalue weighted by atomic mass is 35.5. The molecule has 1 N–H and O–H groups in total. The number of pyridine rings is 1. The van der Waals surface area contributed by atoms with E-state index < -0.39 is 4.92 Å². The van der Waals surface area contributed by atoms with Crippen LogP contribution in [0.25, 0.3) is 0 Å². The van der Waals surface area contributed by atoms with Crippen molar-refractivity contribution in [2.75, 3.05) is 12.4 Å². The molecule has 7 nitrogen and oxygen atoms in total. The largest absolute Gasteiger partial charge is 1.00 e. The van der Waals surface area contributed by atoms with E-state index in [0.29, 0.717) is 5.69 Å². The van der Waals surface area contributed by atoms with Crippen LogP contribution in [0, 0.1) is 17.0 Å². The fraction of sp³-hybridized carbons (Fsp3) is 0.200. The van der Waals surface area contributed by atoms with Gasteiger partial charge in [-0.2, -0.15) is 4.57 Å². The van der Waals surface area contributed by atoms with E-state index in [4.69, 9.17) is 4.74 Å². The number of benzene rings is 1. The fourth-order valence-corrected chi connectivity index (χ4v) is 1.98. The van der Waals surface area contributed by atoms with Gasteiger partial charge in [0, 0.05) is 25.1 Å². The number of methoxy groups -OCH3 is 1. The molecule has 8 heteroatoms. The molecule has 0 unspecified atom stereocenters. The molecule has 1 aromatic heterocycles. The molecule has 0 saturated carbocycles. The third kappa shape index (κ3) is 4.65. The number of non-ortho nitro benzene ring substituents is 1. The molecular formula is C15H16ClN3O4. The Hall–Kier alpha value is -2.67. The van der Waals surface area contributed by atoms with Gasteiger partial charge in [0.2, 0.25) is 6.54 Å². The molecule has 0 aliphatic heterocycles. The molecule has 0 aliphatic rings. The van der Waals surface area contributed by atoms with Gasteiger partial charge in [0.05, 0.1) is 23.8 Å². The van der Waals surface area contributed by atoms with E-state index >= 15 is 0 Å². The van der Waals surface area contributed by atoms with E-state index in [1.54, 1.807) is 4.57 Å². The van der Waals surface area contributed by atoms with Crippen molar-refractivity contribution in [3.63, 3.8) is 0 Å². The lowest BCUT2D eigenvalue weighted by atomic mass is 10.2. The summed E-state index contributed by atoms with van der Waals surface area (Å²) in [4.78, 5) is 22.3. The summed E-state index contributed by atoms with van der Waals surface area (Å²) in [7, 11) is 1.39. The van der Waals surface area contributed by atoms with E-state index in [1.807, 2.05) is 31.3 Å². The zero-order chi connectivity index (χ0) is 16.1. The maximum Gasteiger partial charge on any atom is 0.290 e. The third-order valence-corrected chi connectivity index (χ3v) is 3.15. The van der Waals surface area contributed by atoms with Crippen LogP contribution in [0.1, 0.15) is 5.69 Å². The molecule has 122 valence electrons. The Morgan fingerprint density at radius 1 is 1.35 bits per heavy atom. The maximum absolute atomic E-state index is 12.1. The summed E-state index contributed by atoms with van der Waals surface area (Å²) in [5.41, 5.74) is 1.25. The summed E-state index contributed by atoms with van der Waals surface area (Å²) in [6.45, 7) is 2.05. The first-order valence-electron chi connectivity index (χ1n) is 6.58. The second-order valence-electron chi connectivity index (χ2n) is 4.66. The lowest BCUT2D eigenvalue weighted by molar-refractivity contribution is -0.690. The zero-order valence-corrected chi connectivity index (χ0v) is 13.4. The quantitative estimate of drug-likeness (QED) is 0.424. The summed E-state index contributed by atoms with van der Waals surface area (Å²) >= 11 is 0. The van der Waals surface area contributed by atoms with Crippen molar-refractivity contribution in [2.24, 2.45) is 0 Å². The number of hydrogen-bond donors (Lipinski definition) is 1. The minimum absolute atomic E-state index is 0. The minimum atomic E-state index is -0.517. The van der Waals surface area contributed by atoms with Crippen molar-refractivity contribution < 1.29 is 31.4 Å². The summed E-state index contributed by atoms with van der Waals surface area (Å²) < 4.78 is 6.88. The number of carbonyl (C=O) groups excluding carboxylic acids is 1. The van der Waals surface area contributed by atoms with Gasteiger partial charge >= 0.3 is 0 Å². The topological polar surface area (TPSA) is 85.3 Å². The highest BCUT2D eigenvalue weighted by Gasteiger charge is 2.16. The van der Waals surface area contributed by atoms with Crippen LogP contribution in [0.15, 0.2) is 42.6 Å². The summed E-state index contributed by atoms with van der Waals surface area (Å²) in [6, 6.07) is 9.68. The van der Waals surface area contributed by atoms with Crippen LogP contribution in [-0.4, -0.2) is 17.9 Å². The number of ether oxygens (including phenoxy) is 1. The number of aromatic nitrogens is 1. The Labute approximate surface area is 139 Å². The minimum Gasteiger partial charge on any atom is -1.00 e. The van der Waals surface area contributed by atoms with Crippen molar-refractivity contribution in [3.8, 4) is 5.75 Å². The van der Waals surface area contributed by atoms with Crippen LogP contribution in [0.5, 0.6) is 5.75 Å².